The summed E-state index contributed by atoms with van der Waals surface area (Å²) < 4.78 is 12.3. The Bertz CT molecular complexity index is 1070. The van der Waals surface area contributed by atoms with Gasteiger partial charge in [0.25, 0.3) is 0 Å². The smallest absolute Gasteiger partial charge is 0.138 e. The lowest BCUT2D eigenvalue weighted by Crippen LogP contribution is -2.02. The lowest BCUT2D eigenvalue weighted by Gasteiger charge is -2.21. The van der Waals surface area contributed by atoms with Crippen molar-refractivity contribution < 1.29 is 9.47 Å². The second-order valence-corrected chi connectivity index (χ2v) is 6.87. The molecule has 0 aromatic heterocycles. The maximum absolute atomic E-state index is 6.33. The maximum atomic E-state index is 6.33. The van der Waals surface area contributed by atoms with E-state index in [4.69, 9.17) is 9.47 Å². The predicted octanol–water partition coefficient (Wildman–Crippen LogP) is 6.72. The van der Waals surface area contributed by atoms with E-state index in [9.17, 15) is 0 Å². The second-order valence-electron chi connectivity index (χ2n) is 6.87. The van der Waals surface area contributed by atoms with Crippen LogP contribution in [-0.4, -0.2) is 7.11 Å². The van der Waals surface area contributed by atoms with E-state index < -0.39 is 0 Å². The highest BCUT2D eigenvalue weighted by Gasteiger charge is 2.21. The van der Waals surface area contributed by atoms with Gasteiger partial charge in [-0.2, -0.15) is 0 Å². The molecule has 0 heterocycles. The Hall–Kier alpha value is -3.52. The zero-order chi connectivity index (χ0) is 20.1. The number of benzene rings is 4. The fourth-order valence-electron chi connectivity index (χ4n) is 3.51. The van der Waals surface area contributed by atoms with Crippen molar-refractivity contribution in [1.29, 1.82) is 0 Å². The summed E-state index contributed by atoms with van der Waals surface area (Å²) in [7, 11) is 1.71. The fourth-order valence-corrected chi connectivity index (χ4v) is 3.51. The molecule has 0 saturated carbocycles. The van der Waals surface area contributed by atoms with E-state index in [1.165, 1.54) is 0 Å². The van der Waals surface area contributed by atoms with Gasteiger partial charge >= 0.3 is 0 Å². The summed E-state index contributed by atoms with van der Waals surface area (Å²) in [5.74, 6) is 1.58. The van der Waals surface area contributed by atoms with Crippen molar-refractivity contribution in [2.45, 2.75) is 13.5 Å². The molecule has 29 heavy (non-hydrogen) atoms. The zero-order valence-corrected chi connectivity index (χ0v) is 16.7. The topological polar surface area (TPSA) is 18.5 Å². The molecule has 4 rings (SSSR count). The zero-order valence-electron chi connectivity index (χ0n) is 16.7. The first-order valence-corrected chi connectivity index (χ1v) is 9.69. The molecule has 0 amide bonds. The number of rotatable bonds is 6. The minimum absolute atomic E-state index is 0.489. The molecule has 0 aliphatic heterocycles. The van der Waals surface area contributed by atoms with Crippen molar-refractivity contribution in [1.82, 2.24) is 0 Å². The molecule has 4 aromatic carbocycles. The lowest BCUT2D eigenvalue weighted by molar-refractivity contribution is 0.303. The number of hydrogen-bond acceptors (Lipinski definition) is 2. The third-order valence-corrected chi connectivity index (χ3v) is 4.89. The Morgan fingerprint density at radius 3 is 1.83 bits per heavy atom. The molecular formula is C27H23O2. The minimum Gasteiger partial charge on any atom is -0.495 e. The van der Waals surface area contributed by atoms with Crippen LogP contribution in [0.25, 0.3) is 22.3 Å². The van der Waals surface area contributed by atoms with Crippen LogP contribution in [0, 0.1) is 13.0 Å². The van der Waals surface area contributed by atoms with Crippen LogP contribution in [0.1, 0.15) is 11.1 Å². The Morgan fingerprint density at radius 1 is 0.690 bits per heavy atom. The highest BCUT2D eigenvalue weighted by atomic mass is 16.5. The largest absolute Gasteiger partial charge is 0.495 e. The number of hydrogen-bond donors (Lipinski definition) is 0. The van der Waals surface area contributed by atoms with Crippen LogP contribution in [0.4, 0.5) is 0 Å². The third kappa shape index (κ3) is 4.02. The summed E-state index contributed by atoms with van der Waals surface area (Å²) in [6, 6.07) is 34.2. The monoisotopic (exact) mass is 379 g/mol. The van der Waals surface area contributed by atoms with E-state index in [-0.39, 0.29) is 0 Å². The Kier molecular flexibility index (Phi) is 5.62. The quantitative estimate of drug-likeness (QED) is 0.370. The first kappa shape index (κ1) is 18.8. The van der Waals surface area contributed by atoms with E-state index in [0.29, 0.717) is 6.61 Å². The molecule has 0 fully saturated rings. The van der Waals surface area contributed by atoms with Gasteiger partial charge in [0.1, 0.15) is 18.1 Å². The molecule has 2 nitrogen and oxygen atoms in total. The van der Waals surface area contributed by atoms with Crippen molar-refractivity contribution in [3.05, 3.63) is 108 Å². The molecule has 0 aliphatic carbocycles. The molecule has 2 heteroatoms. The van der Waals surface area contributed by atoms with Crippen molar-refractivity contribution in [2.24, 2.45) is 0 Å². The summed E-state index contributed by atoms with van der Waals surface area (Å²) in [6.07, 6.45) is 0. The van der Waals surface area contributed by atoms with Crippen LogP contribution in [0.15, 0.2) is 91.0 Å². The average Bonchev–Trinajstić information content (AvgIpc) is 2.79. The first-order valence-electron chi connectivity index (χ1n) is 9.69. The normalized spacial score (nSPS) is 10.6. The van der Waals surface area contributed by atoms with Crippen LogP contribution in [0.2, 0.25) is 0 Å². The molecule has 1 radical (unpaired) electrons. The van der Waals surface area contributed by atoms with Crippen LogP contribution in [-0.2, 0) is 6.61 Å². The van der Waals surface area contributed by atoms with Gasteiger partial charge in [0.2, 0.25) is 0 Å². The van der Waals surface area contributed by atoms with Crippen molar-refractivity contribution >= 4 is 0 Å². The van der Waals surface area contributed by atoms with Crippen molar-refractivity contribution in [3.8, 4) is 33.8 Å². The van der Waals surface area contributed by atoms with Crippen LogP contribution in [0.5, 0.6) is 11.5 Å². The van der Waals surface area contributed by atoms with Crippen LogP contribution < -0.4 is 9.47 Å². The highest BCUT2D eigenvalue weighted by Crippen LogP contribution is 2.46. The maximum Gasteiger partial charge on any atom is 0.138 e. The lowest BCUT2D eigenvalue weighted by atomic mass is 9.93. The molecule has 0 unspecified atom stereocenters. The molecule has 0 atom stereocenters. The van der Waals surface area contributed by atoms with Gasteiger partial charge in [0, 0.05) is 17.2 Å². The van der Waals surface area contributed by atoms with Crippen molar-refractivity contribution in [3.63, 3.8) is 0 Å². The molecule has 143 valence electrons. The summed E-state index contributed by atoms with van der Waals surface area (Å²) in [6.45, 7) is 2.53. The van der Waals surface area contributed by atoms with Crippen molar-refractivity contribution in [2.75, 3.05) is 7.11 Å². The Balaban J connectivity index is 1.88. The van der Waals surface area contributed by atoms with Gasteiger partial charge in [-0.25, -0.2) is 0 Å². The van der Waals surface area contributed by atoms with Gasteiger partial charge in [-0.1, -0.05) is 91.0 Å². The fraction of sp³-hybridized carbons (Fsp3) is 0.111. The average molecular weight is 379 g/mol. The minimum atomic E-state index is 0.489. The van der Waals surface area contributed by atoms with E-state index in [2.05, 4.69) is 42.5 Å². The molecule has 0 N–H and O–H groups in total. The summed E-state index contributed by atoms with van der Waals surface area (Å²) >= 11 is 0. The van der Waals surface area contributed by atoms with Gasteiger partial charge in [-0.3, -0.25) is 0 Å². The van der Waals surface area contributed by atoms with Crippen LogP contribution >= 0.6 is 0 Å². The standard InChI is InChI=1S/C27H23O2/c1-20-18-24(22-14-8-4-9-15-22)27(28-2)25(23-16-10-5-11-17-23)26(20)29-19-21-12-6-3-7-13-21/h3-17H,19H2,1-2H3. The Morgan fingerprint density at radius 2 is 1.24 bits per heavy atom. The number of methoxy groups -OCH3 is 1. The molecule has 0 spiro atoms. The van der Waals surface area contributed by atoms with Gasteiger partial charge in [0.15, 0.2) is 0 Å². The van der Waals surface area contributed by atoms with Gasteiger partial charge < -0.3 is 9.47 Å². The van der Waals surface area contributed by atoms with E-state index >= 15 is 0 Å². The molecule has 0 saturated heterocycles. The van der Waals surface area contributed by atoms with Crippen LogP contribution in [0.3, 0.4) is 0 Å². The highest BCUT2D eigenvalue weighted by molar-refractivity contribution is 5.87. The van der Waals surface area contributed by atoms with E-state index in [0.717, 1.165) is 44.9 Å². The molecule has 4 aromatic rings. The van der Waals surface area contributed by atoms with Gasteiger partial charge in [0.05, 0.1) is 12.7 Å². The third-order valence-electron chi connectivity index (χ3n) is 4.89. The molecular weight excluding hydrogens is 356 g/mol. The SMILES string of the molecule is COc1c(-c2ccccc2)[c]c(C)c(OCc2ccccc2)c1-c1ccccc1. The van der Waals surface area contributed by atoms with E-state index in [1.807, 2.05) is 61.5 Å². The number of ether oxygens (including phenoxy) is 2. The molecule has 0 bridgehead atoms. The summed E-state index contributed by atoms with van der Waals surface area (Å²) in [5.41, 5.74) is 6.10. The van der Waals surface area contributed by atoms with Gasteiger partial charge in [-0.05, 0) is 23.6 Å². The summed E-state index contributed by atoms with van der Waals surface area (Å²) in [4.78, 5) is 0. The predicted molar refractivity (Wildman–Crippen MR) is 118 cm³/mol. The molecule has 0 aliphatic rings. The Labute approximate surface area is 172 Å². The summed E-state index contributed by atoms with van der Waals surface area (Å²) in [5, 5.41) is 0. The number of aryl methyl sites for hydroxylation is 1. The second kappa shape index (κ2) is 8.66. The van der Waals surface area contributed by atoms with Gasteiger partial charge in [-0.15, -0.1) is 0 Å². The van der Waals surface area contributed by atoms with E-state index in [1.54, 1.807) is 7.11 Å². The first-order chi connectivity index (χ1) is 14.3.